The van der Waals surface area contributed by atoms with E-state index in [2.05, 4.69) is 5.92 Å². The maximum Gasteiger partial charge on any atom is 0.323 e. The summed E-state index contributed by atoms with van der Waals surface area (Å²) in [5.41, 5.74) is 0.866. The zero-order valence-corrected chi connectivity index (χ0v) is 12.4. The van der Waals surface area contributed by atoms with Gasteiger partial charge >= 0.3 is 5.97 Å². The average molecular weight is 310 g/mol. The van der Waals surface area contributed by atoms with Crippen LogP contribution in [-0.4, -0.2) is 42.1 Å². The lowest BCUT2D eigenvalue weighted by Crippen LogP contribution is -2.36. The van der Waals surface area contributed by atoms with Crippen LogP contribution >= 0.6 is 11.6 Å². The summed E-state index contributed by atoms with van der Waals surface area (Å²) < 4.78 is 5.04. The summed E-state index contributed by atoms with van der Waals surface area (Å²) in [5.74, 6) is 1.45. The summed E-state index contributed by atoms with van der Waals surface area (Å²) in [7, 11) is 1.52. The minimum absolute atomic E-state index is 0.0193. The van der Waals surface area contributed by atoms with Crippen LogP contribution in [0.5, 0.6) is 5.75 Å². The Kier molecular flexibility index (Phi) is 6.57. The first-order valence-corrected chi connectivity index (χ1v) is 6.61. The van der Waals surface area contributed by atoms with Gasteiger partial charge in [-0.15, -0.1) is 6.42 Å². The Balaban J connectivity index is 2.64. The molecule has 0 aromatic heterocycles. The van der Waals surface area contributed by atoms with Gasteiger partial charge in [-0.2, -0.15) is 0 Å². The number of carboxylic acid groups (broad SMARTS) is 1. The number of carbonyl (C=O) groups excluding carboxylic acids is 1. The van der Waals surface area contributed by atoms with Crippen molar-refractivity contribution in [2.75, 3.05) is 20.2 Å². The quantitative estimate of drug-likeness (QED) is 0.780. The van der Waals surface area contributed by atoms with Crippen molar-refractivity contribution in [3.8, 4) is 18.1 Å². The molecule has 0 saturated carbocycles. The van der Waals surface area contributed by atoms with Gasteiger partial charge in [-0.1, -0.05) is 23.6 Å². The number of aryl methyl sites for hydroxylation is 1. The Morgan fingerprint density at radius 3 is 2.71 bits per heavy atom. The molecule has 0 unspecified atom stereocenters. The van der Waals surface area contributed by atoms with Crippen LogP contribution in [0.25, 0.3) is 0 Å². The standard InChI is InChI=1S/C15H16ClNO4/c1-3-8-17(10-15(19)20)14(18)7-5-11-4-6-13(21-2)12(16)9-11/h1,4,6,9H,5,7-8,10H2,2H3,(H,19,20). The number of ether oxygens (including phenoxy) is 1. The van der Waals surface area contributed by atoms with Crippen LogP contribution in [0.1, 0.15) is 12.0 Å². The molecule has 0 heterocycles. The van der Waals surface area contributed by atoms with Crippen LogP contribution in [0.3, 0.4) is 0 Å². The van der Waals surface area contributed by atoms with Gasteiger partial charge in [-0.05, 0) is 24.1 Å². The Labute approximate surface area is 128 Å². The number of hydrogen-bond donors (Lipinski definition) is 1. The second-order valence-corrected chi connectivity index (χ2v) is 4.72. The molecule has 0 bridgehead atoms. The molecule has 0 atom stereocenters. The topological polar surface area (TPSA) is 66.8 Å². The van der Waals surface area contributed by atoms with Crippen molar-refractivity contribution >= 4 is 23.5 Å². The monoisotopic (exact) mass is 309 g/mol. The zero-order chi connectivity index (χ0) is 15.8. The summed E-state index contributed by atoms with van der Waals surface area (Å²) in [5, 5.41) is 9.21. The smallest absolute Gasteiger partial charge is 0.323 e. The number of hydrogen-bond acceptors (Lipinski definition) is 3. The number of benzene rings is 1. The van der Waals surface area contributed by atoms with Crippen molar-refractivity contribution in [3.05, 3.63) is 28.8 Å². The molecule has 1 N–H and O–H groups in total. The highest BCUT2D eigenvalue weighted by atomic mass is 35.5. The van der Waals surface area contributed by atoms with E-state index in [9.17, 15) is 9.59 Å². The van der Waals surface area contributed by atoms with Gasteiger partial charge in [0.1, 0.15) is 12.3 Å². The largest absolute Gasteiger partial charge is 0.495 e. The van der Waals surface area contributed by atoms with Gasteiger partial charge in [0.25, 0.3) is 0 Å². The molecule has 0 aliphatic heterocycles. The number of nitrogens with zero attached hydrogens (tertiary/aromatic N) is 1. The van der Waals surface area contributed by atoms with Crippen molar-refractivity contribution in [1.29, 1.82) is 0 Å². The first-order chi connectivity index (χ1) is 9.97. The Bertz CT molecular complexity index is 565. The minimum atomic E-state index is -1.09. The number of rotatable bonds is 7. The van der Waals surface area contributed by atoms with Gasteiger partial charge in [0.05, 0.1) is 18.7 Å². The van der Waals surface area contributed by atoms with Gasteiger partial charge in [0.15, 0.2) is 0 Å². The summed E-state index contributed by atoms with van der Waals surface area (Å²) in [4.78, 5) is 23.8. The number of halogens is 1. The molecule has 0 aliphatic rings. The van der Waals surface area contributed by atoms with E-state index in [0.29, 0.717) is 17.2 Å². The van der Waals surface area contributed by atoms with Crippen molar-refractivity contribution in [2.24, 2.45) is 0 Å². The molecule has 1 amide bonds. The van der Waals surface area contributed by atoms with Gasteiger partial charge < -0.3 is 14.7 Å². The third kappa shape index (κ3) is 5.36. The zero-order valence-electron chi connectivity index (χ0n) is 11.6. The molecule has 0 spiro atoms. The average Bonchev–Trinajstić information content (AvgIpc) is 2.44. The molecule has 5 nitrogen and oxygen atoms in total. The van der Waals surface area contributed by atoms with Gasteiger partial charge in [-0.25, -0.2) is 0 Å². The number of amides is 1. The SMILES string of the molecule is C#CCN(CC(=O)O)C(=O)CCc1ccc(OC)c(Cl)c1. The molecular weight excluding hydrogens is 294 g/mol. The molecule has 112 valence electrons. The van der Waals surface area contributed by atoms with E-state index in [1.54, 1.807) is 18.2 Å². The van der Waals surface area contributed by atoms with Crippen molar-refractivity contribution in [1.82, 2.24) is 4.90 Å². The molecule has 1 rings (SSSR count). The fourth-order valence-corrected chi connectivity index (χ4v) is 2.06. The van der Waals surface area contributed by atoms with E-state index >= 15 is 0 Å². The fraction of sp³-hybridized carbons (Fsp3) is 0.333. The van der Waals surface area contributed by atoms with E-state index in [-0.39, 0.29) is 18.9 Å². The molecule has 0 fully saturated rings. The van der Waals surface area contributed by atoms with Crippen LogP contribution in [0, 0.1) is 12.3 Å². The predicted molar refractivity (Wildman–Crippen MR) is 79.4 cm³/mol. The lowest BCUT2D eigenvalue weighted by Gasteiger charge is -2.17. The molecule has 6 heteroatoms. The summed E-state index contributed by atoms with van der Waals surface area (Å²) in [6.07, 6.45) is 5.75. The molecule has 0 saturated heterocycles. The van der Waals surface area contributed by atoms with E-state index in [0.717, 1.165) is 10.5 Å². The second-order valence-electron chi connectivity index (χ2n) is 4.32. The van der Waals surface area contributed by atoms with Crippen molar-refractivity contribution in [3.63, 3.8) is 0 Å². The third-order valence-corrected chi connectivity index (χ3v) is 3.10. The summed E-state index contributed by atoms with van der Waals surface area (Å²) in [6, 6.07) is 5.25. The predicted octanol–water partition coefficient (Wildman–Crippen LogP) is 1.83. The maximum atomic E-state index is 12.0. The van der Waals surface area contributed by atoms with Gasteiger partial charge in [0, 0.05) is 6.42 Å². The molecule has 21 heavy (non-hydrogen) atoms. The number of terminal acetylenes is 1. The highest BCUT2D eigenvalue weighted by Gasteiger charge is 2.15. The summed E-state index contributed by atoms with van der Waals surface area (Å²) >= 11 is 6.00. The normalized spacial score (nSPS) is 9.76. The van der Waals surface area contributed by atoms with Gasteiger partial charge in [0.2, 0.25) is 5.91 Å². The molecule has 0 aliphatic carbocycles. The minimum Gasteiger partial charge on any atom is -0.495 e. The Morgan fingerprint density at radius 2 is 2.19 bits per heavy atom. The van der Waals surface area contributed by atoms with E-state index in [1.165, 1.54) is 7.11 Å². The number of methoxy groups -OCH3 is 1. The molecule has 1 aromatic rings. The highest BCUT2D eigenvalue weighted by Crippen LogP contribution is 2.25. The molecular formula is C15H16ClNO4. The fourth-order valence-electron chi connectivity index (χ4n) is 1.78. The van der Waals surface area contributed by atoms with Crippen LogP contribution in [0.4, 0.5) is 0 Å². The van der Waals surface area contributed by atoms with Crippen LogP contribution in [0.15, 0.2) is 18.2 Å². The first kappa shape index (κ1) is 16.9. The van der Waals surface area contributed by atoms with Crippen LogP contribution in [0.2, 0.25) is 5.02 Å². The van der Waals surface area contributed by atoms with Crippen LogP contribution in [-0.2, 0) is 16.0 Å². The highest BCUT2D eigenvalue weighted by molar-refractivity contribution is 6.32. The third-order valence-electron chi connectivity index (χ3n) is 2.80. The molecule has 1 aromatic carbocycles. The second kappa shape index (κ2) is 8.18. The number of carbonyl (C=O) groups is 2. The van der Waals surface area contributed by atoms with E-state index < -0.39 is 12.5 Å². The summed E-state index contributed by atoms with van der Waals surface area (Å²) in [6.45, 7) is -0.416. The lowest BCUT2D eigenvalue weighted by molar-refractivity contribution is -0.144. The number of aliphatic carboxylic acids is 1. The lowest BCUT2D eigenvalue weighted by atomic mass is 10.1. The Morgan fingerprint density at radius 1 is 1.48 bits per heavy atom. The number of carboxylic acids is 1. The maximum absolute atomic E-state index is 12.0. The van der Waals surface area contributed by atoms with Crippen molar-refractivity contribution < 1.29 is 19.4 Å². The van der Waals surface area contributed by atoms with Crippen molar-refractivity contribution in [2.45, 2.75) is 12.8 Å². The van der Waals surface area contributed by atoms with Gasteiger partial charge in [-0.3, -0.25) is 9.59 Å². The molecule has 0 radical (unpaired) electrons. The van der Waals surface area contributed by atoms with Crippen LogP contribution < -0.4 is 4.74 Å². The Hall–Kier alpha value is -2.19. The first-order valence-electron chi connectivity index (χ1n) is 6.23. The van der Waals surface area contributed by atoms with E-state index in [1.807, 2.05) is 0 Å². The van der Waals surface area contributed by atoms with E-state index in [4.69, 9.17) is 27.9 Å².